The number of hydrogen-bond acceptors (Lipinski definition) is 2. The molecule has 0 bridgehead atoms. The van der Waals surface area contributed by atoms with Crippen LogP contribution >= 0.6 is 12.2 Å². The van der Waals surface area contributed by atoms with Crippen LogP contribution in [0.4, 0.5) is 0 Å². The van der Waals surface area contributed by atoms with Crippen LogP contribution in [0.5, 0.6) is 0 Å². The lowest BCUT2D eigenvalue weighted by Crippen LogP contribution is -2.12. The SMILES string of the molecule is CN(C)CCC=S.[H+]. The maximum absolute atomic E-state index is 4.62. The van der Waals surface area contributed by atoms with Crippen molar-refractivity contribution in [2.24, 2.45) is 0 Å². The van der Waals surface area contributed by atoms with E-state index in [2.05, 4.69) is 17.1 Å². The van der Waals surface area contributed by atoms with E-state index in [-0.39, 0.29) is 1.43 Å². The van der Waals surface area contributed by atoms with Crippen LogP contribution < -0.4 is 0 Å². The lowest BCUT2D eigenvalue weighted by molar-refractivity contribution is 0.424. The van der Waals surface area contributed by atoms with Gasteiger partial charge in [0.2, 0.25) is 0 Å². The largest absolute Gasteiger partial charge is 1.00 e. The van der Waals surface area contributed by atoms with E-state index in [1.165, 1.54) is 0 Å². The Labute approximate surface area is 51.8 Å². The third-order valence-corrected chi connectivity index (χ3v) is 0.930. The minimum atomic E-state index is 0. The molecule has 0 saturated heterocycles. The Kier molecular flexibility index (Phi) is 4.25. The van der Waals surface area contributed by atoms with Crippen molar-refractivity contribution in [3.63, 3.8) is 0 Å². The first-order chi connectivity index (χ1) is 3.27. The van der Waals surface area contributed by atoms with Crippen LogP contribution in [-0.4, -0.2) is 30.9 Å². The van der Waals surface area contributed by atoms with Gasteiger partial charge in [-0.15, -0.1) is 0 Å². The van der Waals surface area contributed by atoms with E-state index in [1.54, 1.807) is 5.37 Å². The second-order valence-corrected chi connectivity index (χ2v) is 2.09. The average molecular weight is 118 g/mol. The summed E-state index contributed by atoms with van der Waals surface area (Å²) in [5, 5.41) is 1.76. The summed E-state index contributed by atoms with van der Waals surface area (Å²) < 4.78 is 0. The third kappa shape index (κ3) is 6.05. The van der Waals surface area contributed by atoms with Gasteiger partial charge in [0.05, 0.1) is 0 Å². The van der Waals surface area contributed by atoms with Crippen LogP contribution in [0.1, 0.15) is 7.85 Å². The molecule has 2 heteroatoms. The highest BCUT2D eigenvalue weighted by Crippen LogP contribution is 1.76. The molecule has 0 saturated carbocycles. The highest BCUT2D eigenvalue weighted by molar-refractivity contribution is 7.78. The highest BCUT2D eigenvalue weighted by atomic mass is 32.1. The minimum absolute atomic E-state index is 0. The molecule has 0 aromatic rings. The molecule has 0 aliphatic carbocycles. The molecule has 0 N–H and O–H groups in total. The average Bonchev–Trinajstić information content (AvgIpc) is 1.61. The molecule has 42 valence electrons. The molecule has 0 unspecified atom stereocenters. The first kappa shape index (κ1) is 7.05. The Morgan fingerprint density at radius 3 is 2.43 bits per heavy atom. The van der Waals surface area contributed by atoms with Crippen molar-refractivity contribution >= 4 is 17.6 Å². The number of hydrogen-bond donors (Lipinski definition) is 0. The van der Waals surface area contributed by atoms with Gasteiger partial charge in [0, 0.05) is 6.54 Å². The van der Waals surface area contributed by atoms with E-state index < -0.39 is 0 Å². The van der Waals surface area contributed by atoms with Crippen LogP contribution in [0.2, 0.25) is 0 Å². The Morgan fingerprint density at radius 1 is 1.71 bits per heavy atom. The lowest BCUT2D eigenvalue weighted by Gasteiger charge is -2.04. The fraction of sp³-hybridized carbons (Fsp3) is 0.800. The Bertz CT molecular complexity index is 56.4. The predicted octanol–water partition coefficient (Wildman–Crippen LogP) is 1.05. The lowest BCUT2D eigenvalue weighted by atomic mass is 10.5. The molecule has 0 radical (unpaired) electrons. The van der Waals surface area contributed by atoms with Gasteiger partial charge in [-0.3, -0.25) is 0 Å². The number of rotatable bonds is 3. The molecule has 0 amide bonds. The second kappa shape index (κ2) is 4.22. The smallest absolute Gasteiger partial charge is 0.309 e. The van der Waals surface area contributed by atoms with Crippen molar-refractivity contribution in [2.75, 3.05) is 20.6 Å². The summed E-state index contributed by atoms with van der Waals surface area (Å²) >= 11 is 4.62. The minimum Gasteiger partial charge on any atom is -0.309 e. The van der Waals surface area contributed by atoms with Crippen LogP contribution in [0.25, 0.3) is 0 Å². The van der Waals surface area contributed by atoms with Crippen LogP contribution in [-0.2, 0) is 0 Å². The van der Waals surface area contributed by atoms with Crippen molar-refractivity contribution in [3.05, 3.63) is 0 Å². The first-order valence-corrected chi connectivity index (χ1v) is 2.83. The molecule has 0 heterocycles. The normalized spacial score (nSPS) is 9.57. The molecule has 0 spiro atoms. The molecule has 0 rings (SSSR count). The van der Waals surface area contributed by atoms with Crippen molar-refractivity contribution in [2.45, 2.75) is 6.42 Å². The maximum Gasteiger partial charge on any atom is 1.00 e. The van der Waals surface area contributed by atoms with Crippen LogP contribution in [0.15, 0.2) is 0 Å². The second-order valence-electron chi connectivity index (χ2n) is 1.76. The molecular formula is C5H12NS+. The molecular weight excluding hydrogens is 106 g/mol. The number of thiocarbonyl (C=S) groups is 1. The van der Waals surface area contributed by atoms with Gasteiger partial charge in [-0.05, 0) is 25.9 Å². The summed E-state index contributed by atoms with van der Waals surface area (Å²) in [6.07, 6.45) is 1.02. The van der Waals surface area contributed by atoms with Gasteiger partial charge in [-0.25, -0.2) is 0 Å². The van der Waals surface area contributed by atoms with Gasteiger partial charge >= 0.3 is 1.43 Å². The van der Waals surface area contributed by atoms with Crippen LogP contribution in [0.3, 0.4) is 0 Å². The van der Waals surface area contributed by atoms with Gasteiger partial charge in [0.1, 0.15) is 0 Å². The zero-order valence-electron chi connectivity index (χ0n) is 5.85. The van der Waals surface area contributed by atoms with Gasteiger partial charge in [-0.1, -0.05) is 12.2 Å². The molecule has 0 aromatic carbocycles. The topological polar surface area (TPSA) is 3.24 Å². The van der Waals surface area contributed by atoms with E-state index in [4.69, 9.17) is 0 Å². The third-order valence-electron chi connectivity index (χ3n) is 0.694. The molecule has 0 fully saturated rings. The summed E-state index contributed by atoms with van der Waals surface area (Å²) in [5.74, 6) is 0. The van der Waals surface area contributed by atoms with E-state index in [1.807, 2.05) is 14.1 Å². The fourth-order valence-electron chi connectivity index (χ4n) is 0.311. The van der Waals surface area contributed by atoms with Crippen molar-refractivity contribution in [1.82, 2.24) is 4.90 Å². The monoisotopic (exact) mass is 118 g/mol. The maximum atomic E-state index is 4.62. The zero-order chi connectivity index (χ0) is 5.70. The Morgan fingerprint density at radius 2 is 2.29 bits per heavy atom. The number of nitrogens with zero attached hydrogens (tertiary/aromatic N) is 1. The molecule has 7 heavy (non-hydrogen) atoms. The van der Waals surface area contributed by atoms with Crippen molar-refractivity contribution in [3.8, 4) is 0 Å². The van der Waals surface area contributed by atoms with Gasteiger partial charge < -0.3 is 4.90 Å². The molecule has 1 nitrogen and oxygen atoms in total. The standard InChI is InChI=1S/C5H11NS/c1-6(2)4-3-5-7/h5H,3-4H2,1-2H3/p+1. The quantitative estimate of drug-likeness (QED) is 0.510. The van der Waals surface area contributed by atoms with E-state index in [0.717, 1.165) is 13.0 Å². The molecule has 0 aliphatic heterocycles. The van der Waals surface area contributed by atoms with E-state index in [9.17, 15) is 0 Å². The van der Waals surface area contributed by atoms with Gasteiger partial charge in [0.15, 0.2) is 0 Å². The first-order valence-electron chi connectivity index (χ1n) is 2.35. The summed E-state index contributed by atoms with van der Waals surface area (Å²) in [6, 6.07) is 0. The van der Waals surface area contributed by atoms with E-state index in [0.29, 0.717) is 0 Å². The van der Waals surface area contributed by atoms with E-state index >= 15 is 0 Å². The van der Waals surface area contributed by atoms with Crippen molar-refractivity contribution < 1.29 is 1.43 Å². The summed E-state index contributed by atoms with van der Waals surface area (Å²) in [5.41, 5.74) is 0. The fourth-order valence-corrected chi connectivity index (χ4v) is 0.416. The Hall–Kier alpha value is 0.0500. The van der Waals surface area contributed by atoms with Crippen molar-refractivity contribution in [1.29, 1.82) is 0 Å². The summed E-state index contributed by atoms with van der Waals surface area (Å²) in [7, 11) is 4.08. The van der Waals surface area contributed by atoms with Gasteiger partial charge in [0.25, 0.3) is 0 Å². The Balaban J connectivity index is 0. The van der Waals surface area contributed by atoms with Crippen LogP contribution in [0, 0.1) is 0 Å². The zero-order valence-corrected chi connectivity index (χ0v) is 5.66. The highest BCUT2D eigenvalue weighted by Gasteiger charge is 1.82. The molecule has 0 aromatic heterocycles. The molecule has 0 aliphatic rings. The van der Waals surface area contributed by atoms with Gasteiger partial charge in [-0.2, -0.15) is 0 Å². The predicted molar refractivity (Wildman–Crippen MR) is 37.9 cm³/mol. The summed E-state index contributed by atoms with van der Waals surface area (Å²) in [6.45, 7) is 1.07. The summed E-state index contributed by atoms with van der Waals surface area (Å²) in [4.78, 5) is 2.11. The molecule has 0 atom stereocenters.